The molecule has 2 heteroatoms. The lowest BCUT2D eigenvalue weighted by atomic mass is 10.1. The largest absolute Gasteiger partial charge is 0.335 e. The Labute approximate surface area is 75.6 Å². The Morgan fingerprint density at radius 2 is 1.83 bits per heavy atom. The van der Waals surface area contributed by atoms with Crippen molar-refractivity contribution in [3.8, 4) is 0 Å². The zero-order chi connectivity index (χ0) is 9.72. The molecular weight excluding hydrogens is 148 g/mol. The highest BCUT2D eigenvalue weighted by Crippen LogP contribution is 2.13. The van der Waals surface area contributed by atoms with Gasteiger partial charge in [-0.3, -0.25) is 0 Å². The van der Waals surface area contributed by atoms with Crippen LogP contribution in [0.4, 0.5) is 0 Å². The summed E-state index contributed by atoms with van der Waals surface area (Å²) in [5.74, 6) is 1.66. The van der Waals surface area contributed by atoms with Crippen LogP contribution in [0, 0.1) is 6.92 Å². The van der Waals surface area contributed by atoms with Gasteiger partial charge in [-0.25, -0.2) is 4.98 Å². The molecule has 1 heterocycles. The number of aromatic nitrogens is 2. The average Bonchev–Trinajstić information content (AvgIpc) is 2.37. The zero-order valence-corrected chi connectivity index (χ0v) is 9.05. The van der Waals surface area contributed by atoms with Crippen LogP contribution in [0.25, 0.3) is 0 Å². The Balaban J connectivity index is 0.000000561. The molecule has 0 bridgehead atoms. The van der Waals surface area contributed by atoms with Crippen molar-refractivity contribution in [3.05, 3.63) is 17.7 Å². The maximum absolute atomic E-state index is 4.20. The topological polar surface area (TPSA) is 17.8 Å². The second-order valence-electron chi connectivity index (χ2n) is 2.94. The van der Waals surface area contributed by atoms with Crippen LogP contribution in [0.15, 0.2) is 6.20 Å². The smallest absolute Gasteiger partial charge is 0.105 e. The molecule has 0 spiro atoms. The fraction of sp³-hybridized carbons (Fsp3) is 0.700. The van der Waals surface area contributed by atoms with E-state index >= 15 is 0 Å². The van der Waals surface area contributed by atoms with Crippen LogP contribution < -0.4 is 0 Å². The van der Waals surface area contributed by atoms with E-state index in [9.17, 15) is 0 Å². The Kier molecular flexibility index (Phi) is 4.64. The van der Waals surface area contributed by atoms with Crippen molar-refractivity contribution >= 4 is 0 Å². The van der Waals surface area contributed by atoms with Crippen LogP contribution in [0.3, 0.4) is 0 Å². The molecule has 0 amide bonds. The molecule has 0 aliphatic rings. The summed E-state index contributed by atoms with van der Waals surface area (Å²) in [5, 5.41) is 0. The lowest BCUT2D eigenvalue weighted by Crippen LogP contribution is -1.99. The number of hydrogen-bond acceptors (Lipinski definition) is 1. The van der Waals surface area contributed by atoms with Crippen molar-refractivity contribution in [1.82, 2.24) is 9.55 Å². The molecule has 2 nitrogen and oxygen atoms in total. The van der Waals surface area contributed by atoms with Gasteiger partial charge in [-0.05, 0) is 12.8 Å². The van der Waals surface area contributed by atoms with Crippen molar-refractivity contribution in [2.75, 3.05) is 0 Å². The molecule has 12 heavy (non-hydrogen) atoms. The number of aryl methyl sites for hydroxylation is 1. The molecule has 0 saturated carbocycles. The lowest BCUT2D eigenvalue weighted by Gasteiger charge is -2.05. The third kappa shape index (κ3) is 2.36. The highest BCUT2D eigenvalue weighted by atomic mass is 15.1. The number of rotatable bonds is 1. The first-order valence-electron chi connectivity index (χ1n) is 4.61. The highest BCUT2D eigenvalue weighted by molar-refractivity contribution is 5.07. The molecule has 0 aliphatic carbocycles. The molecule has 0 fully saturated rings. The molecule has 0 aromatic carbocycles. The van der Waals surface area contributed by atoms with E-state index < -0.39 is 0 Å². The molecule has 0 saturated heterocycles. The van der Waals surface area contributed by atoms with Gasteiger partial charge in [-0.15, -0.1) is 0 Å². The summed E-state index contributed by atoms with van der Waals surface area (Å²) >= 11 is 0. The van der Waals surface area contributed by atoms with Crippen molar-refractivity contribution in [3.63, 3.8) is 0 Å². The van der Waals surface area contributed by atoms with Crippen molar-refractivity contribution in [1.29, 1.82) is 0 Å². The summed E-state index contributed by atoms with van der Waals surface area (Å²) in [4.78, 5) is 4.20. The molecule has 0 radical (unpaired) electrons. The van der Waals surface area contributed by atoms with Gasteiger partial charge in [0, 0.05) is 18.9 Å². The van der Waals surface area contributed by atoms with Crippen molar-refractivity contribution in [2.24, 2.45) is 7.05 Å². The van der Waals surface area contributed by atoms with Gasteiger partial charge >= 0.3 is 0 Å². The summed E-state index contributed by atoms with van der Waals surface area (Å²) < 4.78 is 2.13. The van der Waals surface area contributed by atoms with Crippen molar-refractivity contribution < 1.29 is 0 Å². The first-order chi connectivity index (χ1) is 5.63. The van der Waals surface area contributed by atoms with E-state index in [0.29, 0.717) is 5.92 Å². The molecule has 1 rings (SSSR count). The summed E-state index contributed by atoms with van der Waals surface area (Å²) in [7, 11) is 2.05. The first-order valence-corrected chi connectivity index (χ1v) is 4.61. The van der Waals surface area contributed by atoms with Crippen LogP contribution in [-0.4, -0.2) is 9.55 Å². The number of nitrogens with zero attached hydrogens (tertiary/aromatic N) is 2. The third-order valence-corrected chi connectivity index (χ3v) is 1.85. The standard InChI is InChI=1S/C8H14N2.C2H6/c1-6(2)8-5-9-7(3)10(8)4;1-2/h5-6H,1-4H3;1-2H3. The molecule has 1 aromatic rings. The van der Waals surface area contributed by atoms with E-state index in [1.165, 1.54) is 5.69 Å². The molecule has 70 valence electrons. The van der Waals surface area contributed by atoms with Crippen LogP contribution in [0.1, 0.15) is 45.1 Å². The summed E-state index contributed by atoms with van der Waals surface area (Å²) in [6.07, 6.45) is 1.94. The van der Waals surface area contributed by atoms with E-state index in [-0.39, 0.29) is 0 Å². The molecule has 1 aromatic heterocycles. The van der Waals surface area contributed by atoms with E-state index in [4.69, 9.17) is 0 Å². The average molecular weight is 168 g/mol. The fourth-order valence-electron chi connectivity index (χ4n) is 1.06. The lowest BCUT2D eigenvalue weighted by molar-refractivity contribution is 0.724. The van der Waals surface area contributed by atoms with Crippen LogP contribution in [0.5, 0.6) is 0 Å². The van der Waals surface area contributed by atoms with E-state index in [1.807, 2.05) is 27.0 Å². The number of imidazole rings is 1. The molecular formula is C10H20N2. The SMILES string of the molecule is CC.Cc1ncc(C(C)C)n1C. The molecule has 0 N–H and O–H groups in total. The summed E-state index contributed by atoms with van der Waals surface area (Å²) in [5.41, 5.74) is 1.30. The maximum atomic E-state index is 4.20. The summed E-state index contributed by atoms with van der Waals surface area (Å²) in [6.45, 7) is 10.4. The zero-order valence-electron chi connectivity index (χ0n) is 9.05. The van der Waals surface area contributed by atoms with Gasteiger partial charge in [0.25, 0.3) is 0 Å². The van der Waals surface area contributed by atoms with Crippen LogP contribution >= 0.6 is 0 Å². The Bertz CT molecular complexity index is 224. The van der Waals surface area contributed by atoms with Crippen LogP contribution in [-0.2, 0) is 7.05 Å². The maximum Gasteiger partial charge on any atom is 0.105 e. The second-order valence-corrected chi connectivity index (χ2v) is 2.94. The Hall–Kier alpha value is -0.790. The minimum Gasteiger partial charge on any atom is -0.335 e. The van der Waals surface area contributed by atoms with Crippen LogP contribution in [0.2, 0.25) is 0 Å². The van der Waals surface area contributed by atoms with E-state index in [1.54, 1.807) is 0 Å². The molecule has 0 aliphatic heterocycles. The predicted octanol–water partition coefficient (Wildman–Crippen LogP) is 2.88. The van der Waals surface area contributed by atoms with Gasteiger partial charge in [0.1, 0.15) is 5.82 Å². The van der Waals surface area contributed by atoms with Crippen molar-refractivity contribution in [2.45, 2.75) is 40.5 Å². The quantitative estimate of drug-likeness (QED) is 0.630. The van der Waals surface area contributed by atoms with Gasteiger partial charge < -0.3 is 4.57 Å². The molecule has 0 atom stereocenters. The minimum absolute atomic E-state index is 0.575. The van der Waals surface area contributed by atoms with Gasteiger partial charge in [-0.2, -0.15) is 0 Å². The number of hydrogen-bond donors (Lipinski definition) is 0. The Morgan fingerprint density at radius 3 is 2.00 bits per heavy atom. The minimum atomic E-state index is 0.575. The predicted molar refractivity (Wildman–Crippen MR) is 53.4 cm³/mol. The normalized spacial score (nSPS) is 9.58. The van der Waals surface area contributed by atoms with E-state index in [2.05, 4.69) is 30.4 Å². The highest BCUT2D eigenvalue weighted by Gasteiger charge is 2.04. The Morgan fingerprint density at radius 1 is 1.33 bits per heavy atom. The van der Waals surface area contributed by atoms with Gasteiger partial charge in [-0.1, -0.05) is 27.7 Å². The summed E-state index contributed by atoms with van der Waals surface area (Å²) in [6, 6.07) is 0. The van der Waals surface area contributed by atoms with Gasteiger partial charge in [0.2, 0.25) is 0 Å². The van der Waals surface area contributed by atoms with Gasteiger partial charge in [0.15, 0.2) is 0 Å². The third-order valence-electron chi connectivity index (χ3n) is 1.85. The first kappa shape index (κ1) is 11.2. The van der Waals surface area contributed by atoms with Gasteiger partial charge in [0.05, 0.1) is 0 Å². The molecule has 0 unspecified atom stereocenters. The second kappa shape index (κ2) is 4.96. The monoisotopic (exact) mass is 168 g/mol. The fourth-order valence-corrected chi connectivity index (χ4v) is 1.06. The van der Waals surface area contributed by atoms with E-state index in [0.717, 1.165) is 5.82 Å².